The van der Waals surface area contributed by atoms with Crippen molar-refractivity contribution in [3.05, 3.63) is 71.8 Å². The first-order valence-corrected chi connectivity index (χ1v) is 11.6. The van der Waals surface area contributed by atoms with Gasteiger partial charge in [-0.3, -0.25) is 19.2 Å². The summed E-state index contributed by atoms with van der Waals surface area (Å²) in [6.45, 7) is 3.32. The van der Waals surface area contributed by atoms with Crippen molar-refractivity contribution < 1.29 is 24.3 Å². The molecule has 2 aromatic rings. The van der Waals surface area contributed by atoms with Crippen LogP contribution in [0, 0.1) is 5.92 Å². The molecular formula is C26H34N4O5. The highest BCUT2D eigenvalue weighted by Gasteiger charge is 2.29. The molecule has 3 atom stereocenters. The molecule has 0 saturated carbocycles. The molecule has 0 heterocycles. The maximum atomic E-state index is 13.3. The van der Waals surface area contributed by atoms with Crippen molar-refractivity contribution in [2.75, 3.05) is 6.54 Å². The second-order valence-corrected chi connectivity index (χ2v) is 8.85. The van der Waals surface area contributed by atoms with Gasteiger partial charge in [0.2, 0.25) is 17.7 Å². The Hall–Kier alpha value is -3.72. The van der Waals surface area contributed by atoms with E-state index in [4.69, 9.17) is 10.8 Å². The maximum absolute atomic E-state index is 13.3. The number of carbonyl (C=O) groups excluding carboxylic acids is 3. The lowest BCUT2D eigenvalue weighted by molar-refractivity contribution is -0.138. The zero-order valence-corrected chi connectivity index (χ0v) is 20.1. The summed E-state index contributed by atoms with van der Waals surface area (Å²) in [5, 5.41) is 16.7. The number of hydrogen-bond acceptors (Lipinski definition) is 5. The molecule has 0 bridgehead atoms. The van der Waals surface area contributed by atoms with E-state index in [-0.39, 0.29) is 18.8 Å². The van der Waals surface area contributed by atoms with Crippen molar-refractivity contribution in [1.29, 1.82) is 0 Å². The Bertz CT molecular complexity index is 982. The largest absolute Gasteiger partial charge is 0.480 e. The summed E-state index contributed by atoms with van der Waals surface area (Å²) in [6.07, 6.45) is 0.804. The van der Waals surface area contributed by atoms with E-state index >= 15 is 0 Å². The van der Waals surface area contributed by atoms with E-state index in [1.807, 2.05) is 50.2 Å². The molecule has 3 amide bonds. The minimum absolute atomic E-state index is 0.150. The van der Waals surface area contributed by atoms with Crippen molar-refractivity contribution in [2.24, 2.45) is 11.7 Å². The van der Waals surface area contributed by atoms with Gasteiger partial charge in [0.1, 0.15) is 18.6 Å². The Morgan fingerprint density at radius 2 is 1.23 bits per heavy atom. The molecule has 0 fully saturated rings. The number of carbonyl (C=O) groups is 4. The SMILES string of the molecule is CC(C)CC(N)C(=O)NC(Cc1ccccc1)C(=O)NC(Cc1ccccc1)C(=O)NCC(=O)O. The number of benzene rings is 2. The van der Waals surface area contributed by atoms with E-state index in [9.17, 15) is 19.2 Å². The van der Waals surface area contributed by atoms with E-state index in [0.29, 0.717) is 6.42 Å². The van der Waals surface area contributed by atoms with Crippen LogP contribution in [0.25, 0.3) is 0 Å². The molecule has 0 aromatic heterocycles. The van der Waals surface area contributed by atoms with Gasteiger partial charge in [-0.15, -0.1) is 0 Å². The highest BCUT2D eigenvalue weighted by atomic mass is 16.4. The number of amides is 3. The van der Waals surface area contributed by atoms with Gasteiger partial charge in [0, 0.05) is 12.8 Å². The van der Waals surface area contributed by atoms with Crippen molar-refractivity contribution >= 4 is 23.7 Å². The molecule has 0 saturated heterocycles. The molecular weight excluding hydrogens is 448 g/mol. The van der Waals surface area contributed by atoms with Gasteiger partial charge in [0.05, 0.1) is 6.04 Å². The summed E-state index contributed by atoms with van der Waals surface area (Å²) >= 11 is 0. The van der Waals surface area contributed by atoms with E-state index < -0.39 is 48.4 Å². The first kappa shape index (κ1) is 27.5. The van der Waals surface area contributed by atoms with Gasteiger partial charge in [0.25, 0.3) is 0 Å². The predicted octanol–water partition coefficient (Wildman–Crippen LogP) is 1.02. The van der Waals surface area contributed by atoms with E-state index in [1.165, 1.54) is 0 Å². The molecule has 0 aliphatic heterocycles. The lowest BCUT2D eigenvalue weighted by atomic mass is 10.0. The highest BCUT2D eigenvalue weighted by molar-refractivity contribution is 5.94. The first-order valence-electron chi connectivity index (χ1n) is 11.6. The zero-order valence-electron chi connectivity index (χ0n) is 20.1. The average molecular weight is 483 g/mol. The summed E-state index contributed by atoms with van der Waals surface area (Å²) in [4.78, 5) is 49.7. The Morgan fingerprint density at radius 3 is 1.69 bits per heavy atom. The normalized spacial score (nSPS) is 13.4. The minimum Gasteiger partial charge on any atom is -0.480 e. The summed E-state index contributed by atoms with van der Waals surface area (Å²) < 4.78 is 0. The number of nitrogens with two attached hydrogens (primary N) is 1. The van der Waals surface area contributed by atoms with Crippen molar-refractivity contribution in [3.63, 3.8) is 0 Å². The molecule has 0 spiro atoms. The van der Waals surface area contributed by atoms with Gasteiger partial charge in [-0.1, -0.05) is 74.5 Å². The maximum Gasteiger partial charge on any atom is 0.322 e. The number of nitrogens with one attached hydrogen (secondary N) is 3. The van der Waals surface area contributed by atoms with Crippen molar-refractivity contribution in [3.8, 4) is 0 Å². The average Bonchev–Trinajstić information content (AvgIpc) is 2.82. The Labute approximate surface area is 205 Å². The molecule has 2 aromatic carbocycles. The molecule has 188 valence electrons. The fourth-order valence-electron chi connectivity index (χ4n) is 3.57. The second kappa shape index (κ2) is 13.9. The van der Waals surface area contributed by atoms with Gasteiger partial charge in [-0.05, 0) is 23.5 Å². The Balaban J connectivity index is 2.22. The summed E-state index contributed by atoms with van der Waals surface area (Å²) in [5.41, 5.74) is 7.62. The van der Waals surface area contributed by atoms with E-state index in [2.05, 4.69) is 16.0 Å². The molecule has 0 aliphatic carbocycles. The topological polar surface area (TPSA) is 151 Å². The minimum atomic E-state index is -1.20. The lowest BCUT2D eigenvalue weighted by Crippen LogP contribution is -2.57. The van der Waals surface area contributed by atoms with Gasteiger partial charge in [-0.2, -0.15) is 0 Å². The molecule has 3 unspecified atom stereocenters. The first-order chi connectivity index (χ1) is 16.7. The Morgan fingerprint density at radius 1 is 0.771 bits per heavy atom. The summed E-state index contributed by atoms with van der Waals surface area (Å²) in [5.74, 6) is -2.65. The fourth-order valence-corrected chi connectivity index (χ4v) is 3.57. The van der Waals surface area contributed by atoms with Gasteiger partial charge in [-0.25, -0.2) is 0 Å². The standard InChI is InChI=1S/C26H34N4O5/c1-17(2)13-20(27)24(33)29-22(15-19-11-7-4-8-12-19)26(35)30-21(25(34)28-16-23(31)32)14-18-9-5-3-6-10-18/h3-12,17,20-22H,13-16,27H2,1-2H3,(H,28,34)(H,29,33)(H,30,35)(H,31,32). The van der Waals surface area contributed by atoms with Crippen LogP contribution in [0.5, 0.6) is 0 Å². The number of hydrogen-bond donors (Lipinski definition) is 5. The molecule has 9 nitrogen and oxygen atoms in total. The van der Waals surface area contributed by atoms with E-state index in [0.717, 1.165) is 11.1 Å². The molecule has 9 heteroatoms. The molecule has 6 N–H and O–H groups in total. The Kier molecular flexibility index (Phi) is 10.9. The molecule has 0 radical (unpaired) electrons. The summed E-state index contributed by atoms with van der Waals surface area (Å²) in [7, 11) is 0. The van der Waals surface area contributed by atoms with Gasteiger partial charge >= 0.3 is 5.97 Å². The van der Waals surface area contributed by atoms with Crippen LogP contribution < -0.4 is 21.7 Å². The van der Waals surface area contributed by atoms with E-state index in [1.54, 1.807) is 24.3 Å². The monoisotopic (exact) mass is 482 g/mol. The van der Waals surface area contributed by atoms with Crippen LogP contribution in [-0.2, 0) is 32.0 Å². The smallest absolute Gasteiger partial charge is 0.322 e. The number of aliphatic carboxylic acids is 1. The van der Waals surface area contributed by atoms with Crippen LogP contribution in [-0.4, -0.2) is 53.5 Å². The number of carboxylic acids is 1. The second-order valence-electron chi connectivity index (χ2n) is 8.85. The zero-order chi connectivity index (χ0) is 25.8. The number of rotatable bonds is 13. The van der Waals surface area contributed by atoms with Crippen molar-refractivity contribution in [2.45, 2.75) is 51.2 Å². The molecule has 0 aliphatic rings. The van der Waals surface area contributed by atoms with Crippen LogP contribution >= 0.6 is 0 Å². The third kappa shape index (κ3) is 9.97. The fraction of sp³-hybridized carbons (Fsp3) is 0.385. The lowest BCUT2D eigenvalue weighted by Gasteiger charge is -2.24. The third-order valence-corrected chi connectivity index (χ3v) is 5.31. The highest BCUT2D eigenvalue weighted by Crippen LogP contribution is 2.08. The summed E-state index contributed by atoms with van der Waals surface area (Å²) in [6, 6.07) is 15.4. The van der Waals surface area contributed by atoms with Crippen LogP contribution in [0.3, 0.4) is 0 Å². The van der Waals surface area contributed by atoms with Gasteiger partial charge in [0.15, 0.2) is 0 Å². The third-order valence-electron chi connectivity index (χ3n) is 5.31. The number of carboxylic acid groups (broad SMARTS) is 1. The van der Waals surface area contributed by atoms with Crippen LogP contribution in [0.4, 0.5) is 0 Å². The molecule has 2 rings (SSSR count). The van der Waals surface area contributed by atoms with Crippen LogP contribution in [0.15, 0.2) is 60.7 Å². The van der Waals surface area contributed by atoms with Crippen LogP contribution in [0.1, 0.15) is 31.4 Å². The quantitative estimate of drug-likeness (QED) is 0.288. The van der Waals surface area contributed by atoms with Crippen molar-refractivity contribution in [1.82, 2.24) is 16.0 Å². The van der Waals surface area contributed by atoms with Gasteiger partial charge < -0.3 is 26.8 Å². The predicted molar refractivity (Wildman–Crippen MR) is 132 cm³/mol. The molecule has 35 heavy (non-hydrogen) atoms. The van der Waals surface area contributed by atoms with Crippen LogP contribution in [0.2, 0.25) is 0 Å².